The molecule has 0 N–H and O–H groups in total. The molecule has 3 heterocycles. The van der Waals surface area contributed by atoms with Crippen LogP contribution < -0.4 is 4.90 Å². The zero-order valence-electron chi connectivity index (χ0n) is 12.7. The normalized spacial score (nSPS) is 18.3. The number of thiazole rings is 1. The lowest BCUT2D eigenvalue weighted by Crippen LogP contribution is -2.38. The Kier molecular flexibility index (Phi) is 3.80. The van der Waals surface area contributed by atoms with Gasteiger partial charge in [0.25, 0.3) is 0 Å². The van der Waals surface area contributed by atoms with Crippen LogP contribution in [0.25, 0.3) is 11.3 Å². The van der Waals surface area contributed by atoms with Crippen molar-refractivity contribution in [3.63, 3.8) is 0 Å². The second-order valence-electron chi connectivity index (χ2n) is 5.36. The Morgan fingerprint density at radius 2 is 2.09 bits per heavy atom. The quantitative estimate of drug-likeness (QED) is 0.736. The third kappa shape index (κ3) is 2.97. The molecular weight excluding hydrogens is 312 g/mol. The van der Waals surface area contributed by atoms with Gasteiger partial charge in [-0.3, -0.25) is 0 Å². The van der Waals surface area contributed by atoms with Gasteiger partial charge in [0.05, 0.1) is 18.8 Å². The molecule has 1 aliphatic heterocycles. The predicted octanol–water partition coefficient (Wildman–Crippen LogP) is 3.08. The summed E-state index contributed by atoms with van der Waals surface area (Å²) in [5.74, 6) is 1.16. The van der Waals surface area contributed by atoms with Gasteiger partial charge in [0, 0.05) is 24.4 Å². The largest absolute Gasteiger partial charge is 0.366 e. The van der Waals surface area contributed by atoms with Gasteiger partial charge in [-0.05, 0) is 0 Å². The standard InChI is InChI=1S/C16H16N4O2S/c1-11-17-15(19-22-11)14-9-20(7-8-21-14)16-18-13(10-23-16)12-5-3-2-4-6-12/h2-6,10,14H,7-9H2,1H3/t14-/m1/s1. The first-order valence-electron chi connectivity index (χ1n) is 7.47. The van der Waals surface area contributed by atoms with Crippen LogP contribution in [0.1, 0.15) is 17.8 Å². The summed E-state index contributed by atoms with van der Waals surface area (Å²) >= 11 is 1.65. The maximum absolute atomic E-state index is 5.77. The van der Waals surface area contributed by atoms with Crippen LogP contribution in [0.3, 0.4) is 0 Å². The van der Waals surface area contributed by atoms with E-state index in [9.17, 15) is 0 Å². The van der Waals surface area contributed by atoms with Crippen molar-refractivity contribution in [3.05, 3.63) is 47.4 Å². The van der Waals surface area contributed by atoms with E-state index in [-0.39, 0.29) is 6.10 Å². The average Bonchev–Trinajstić information content (AvgIpc) is 3.25. The van der Waals surface area contributed by atoms with Crippen molar-refractivity contribution >= 4 is 16.5 Å². The zero-order valence-corrected chi connectivity index (χ0v) is 13.5. The monoisotopic (exact) mass is 328 g/mol. The molecule has 0 bridgehead atoms. The van der Waals surface area contributed by atoms with Crippen LogP contribution in [0.2, 0.25) is 0 Å². The number of aromatic nitrogens is 3. The van der Waals surface area contributed by atoms with Gasteiger partial charge in [-0.15, -0.1) is 11.3 Å². The molecule has 1 aromatic carbocycles. The van der Waals surface area contributed by atoms with Crippen LogP contribution in [0.15, 0.2) is 40.2 Å². The summed E-state index contributed by atoms with van der Waals surface area (Å²) in [4.78, 5) is 11.3. The van der Waals surface area contributed by atoms with Gasteiger partial charge < -0.3 is 14.2 Å². The fraction of sp³-hybridized carbons (Fsp3) is 0.312. The molecule has 23 heavy (non-hydrogen) atoms. The summed E-state index contributed by atoms with van der Waals surface area (Å²) in [6.45, 7) is 3.90. The van der Waals surface area contributed by atoms with E-state index in [4.69, 9.17) is 14.2 Å². The summed E-state index contributed by atoms with van der Waals surface area (Å²) in [5, 5.41) is 7.05. The van der Waals surface area contributed by atoms with Crippen molar-refractivity contribution < 1.29 is 9.26 Å². The molecular formula is C16H16N4O2S. The molecule has 1 atom stereocenters. The highest BCUT2D eigenvalue weighted by molar-refractivity contribution is 7.14. The Labute approximate surface area is 137 Å². The fourth-order valence-corrected chi connectivity index (χ4v) is 3.45. The minimum atomic E-state index is -0.176. The average molecular weight is 328 g/mol. The van der Waals surface area contributed by atoms with E-state index in [2.05, 4.69) is 32.6 Å². The molecule has 118 valence electrons. The molecule has 1 saturated heterocycles. The molecule has 3 aromatic rings. The van der Waals surface area contributed by atoms with Gasteiger partial charge in [0.1, 0.15) is 6.10 Å². The van der Waals surface area contributed by atoms with E-state index in [0.29, 0.717) is 24.9 Å². The Morgan fingerprint density at radius 3 is 2.87 bits per heavy atom. The molecule has 0 spiro atoms. The van der Waals surface area contributed by atoms with Crippen LogP contribution >= 0.6 is 11.3 Å². The van der Waals surface area contributed by atoms with Crippen LogP contribution in [-0.2, 0) is 4.74 Å². The molecule has 0 radical (unpaired) electrons. The molecule has 0 amide bonds. The molecule has 0 unspecified atom stereocenters. The van der Waals surface area contributed by atoms with E-state index >= 15 is 0 Å². The first-order valence-corrected chi connectivity index (χ1v) is 8.35. The van der Waals surface area contributed by atoms with Crippen molar-refractivity contribution in [2.24, 2.45) is 0 Å². The van der Waals surface area contributed by atoms with E-state index in [1.54, 1.807) is 18.3 Å². The van der Waals surface area contributed by atoms with Crippen LogP contribution in [-0.4, -0.2) is 34.8 Å². The van der Waals surface area contributed by atoms with Crippen molar-refractivity contribution in [3.8, 4) is 11.3 Å². The topological polar surface area (TPSA) is 64.3 Å². The van der Waals surface area contributed by atoms with Crippen molar-refractivity contribution in [1.29, 1.82) is 0 Å². The predicted molar refractivity (Wildman–Crippen MR) is 87.5 cm³/mol. The summed E-state index contributed by atoms with van der Waals surface area (Å²) < 4.78 is 10.8. The van der Waals surface area contributed by atoms with Gasteiger partial charge in [0.2, 0.25) is 11.7 Å². The molecule has 4 rings (SSSR count). The Morgan fingerprint density at radius 1 is 1.22 bits per heavy atom. The second-order valence-corrected chi connectivity index (χ2v) is 6.19. The highest BCUT2D eigenvalue weighted by atomic mass is 32.1. The summed E-state index contributed by atoms with van der Waals surface area (Å²) in [7, 11) is 0. The Bertz CT molecular complexity index is 786. The number of benzene rings is 1. The summed E-state index contributed by atoms with van der Waals surface area (Å²) in [6, 6.07) is 10.2. The van der Waals surface area contributed by atoms with E-state index in [1.165, 1.54) is 0 Å². The maximum atomic E-state index is 5.77. The Balaban J connectivity index is 1.53. The first-order chi connectivity index (χ1) is 11.3. The van der Waals surface area contributed by atoms with Crippen LogP contribution in [0, 0.1) is 6.92 Å². The minimum Gasteiger partial charge on any atom is -0.366 e. The Hall–Kier alpha value is -2.25. The fourth-order valence-electron chi connectivity index (χ4n) is 2.58. The smallest absolute Gasteiger partial charge is 0.223 e. The number of hydrogen-bond acceptors (Lipinski definition) is 7. The van der Waals surface area contributed by atoms with E-state index < -0.39 is 0 Å². The number of nitrogens with zero attached hydrogens (tertiary/aromatic N) is 4. The zero-order chi connectivity index (χ0) is 15.6. The molecule has 1 fully saturated rings. The minimum absolute atomic E-state index is 0.176. The second kappa shape index (κ2) is 6.10. The molecule has 0 saturated carbocycles. The van der Waals surface area contributed by atoms with Gasteiger partial charge in [0.15, 0.2) is 5.13 Å². The summed E-state index contributed by atoms with van der Waals surface area (Å²) in [5.41, 5.74) is 2.14. The van der Waals surface area contributed by atoms with Crippen molar-refractivity contribution in [2.75, 3.05) is 24.6 Å². The van der Waals surface area contributed by atoms with E-state index in [0.717, 1.165) is 22.9 Å². The highest BCUT2D eigenvalue weighted by Gasteiger charge is 2.27. The number of morpholine rings is 1. The molecule has 1 aliphatic rings. The number of hydrogen-bond donors (Lipinski definition) is 0. The van der Waals surface area contributed by atoms with Crippen molar-refractivity contribution in [2.45, 2.75) is 13.0 Å². The number of ether oxygens (including phenoxy) is 1. The third-order valence-corrected chi connectivity index (χ3v) is 4.63. The third-order valence-electron chi connectivity index (χ3n) is 3.73. The maximum Gasteiger partial charge on any atom is 0.223 e. The number of rotatable bonds is 3. The van der Waals surface area contributed by atoms with Crippen LogP contribution in [0.5, 0.6) is 0 Å². The van der Waals surface area contributed by atoms with E-state index in [1.807, 2.05) is 18.2 Å². The number of anilines is 1. The lowest BCUT2D eigenvalue weighted by Gasteiger charge is -2.31. The first kappa shape index (κ1) is 14.3. The SMILES string of the molecule is Cc1nc([C@H]2CN(c3nc(-c4ccccc4)cs3)CCO2)no1. The van der Waals surface area contributed by atoms with Gasteiger partial charge in [-0.1, -0.05) is 35.5 Å². The molecule has 0 aliphatic carbocycles. The van der Waals surface area contributed by atoms with Gasteiger partial charge >= 0.3 is 0 Å². The molecule has 2 aromatic heterocycles. The highest BCUT2D eigenvalue weighted by Crippen LogP contribution is 2.30. The summed E-state index contributed by atoms with van der Waals surface area (Å²) in [6.07, 6.45) is -0.176. The molecule has 6 nitrogen and oxygen atoms in total. The number of aryl methyl sites for hydroxylation is 1. The molecule has 7 heteroatoms. The van der Waals surface area contributed by atoms with Gasteiger partial charge in [-0.25, -0.2) is 4.98 Å². The van der Waals surface area contributed by atoms with Crippen molar-refractivity contribution in [1.82, 2.24) is 15.1 Å². The lowest BCUT2D eigenvalue weighted by atomic mass is 10.2. The van der Waals surface area contributed by atoms with Gasteiger partial charge in [-0.2, -0.15) is 4.98 Å². The lowest BCUT2D eigenvalue weighted by molar-refractivity contribution is 0.0326. The van der Waals surface area contributed by atoms with Crippen LogP contribution in [0.4, 0.5) is 5.13 Å².